The van der Waals surface area contributed by atoms with Crippen LogP contribution in [0.15, 0.2) is 36.9 Å². The van der Waals surface area contributed by atoms with Crippen LogP contribution in [0.25, 0.3) is 0 Å². The van der Waals surface area contributed by atoms with Gasteiger partial charge in [0.1, 0.15) is 0 Å². The second-order valence-corrected chi connectivity index (χ2v) is 7.73. The highest BCUT2D eigenvalue weighted by Gasteiger charge is 2.23. The summed E-state index contributed by atoms with van der Waals surface area (Å²) in [7, 11) is 0. The van der Waals surface area contributed by atoms with Crippen LogP contribution in [0.1, 0.15) is 35.7 Å². The van der Waals surface area contributed by atoms with Gasteiger partial charge in [0.25, 0.3) is 5.91 Å². The summed E-state index contributed by atoms with van der Waals surface area (Å²) < 4.78 is 0. The fraction of sp³-hybridized carbons (Fsp3) is 0.545. The van der Waals surface area contributed by atoms with Gasteiger partial charge in [-0.1, -0.05) is 18.2 Å². The molecule has 0 spiro atoms. The number of carbonyl (C=O) groups is 2. The van der Waals surface area contributed by atoms with Gasteiger partial charge in [0, 0.05) is 58.3 Å². The van der Waals surface area contributed by atoms with Gasteiger partial charge in [0.2, 0.25) is 5.91 Å². The fourth-order valence-electron chi connectivity index (χ4n) is 4.07. The summed E-state index contributed by atoms with van der Waals surface area (Å²) in [6.07, 6.45) is 5.07. The van der Waals surface area contributed by atoms with E-state index in [9.17, 15) is 9.59 Å². The van der Waals surface area contributed by atoms with Crippen molar-refractivity contribution >= 4 is 11.8 Å². The predicted molar refractivity (Wildman–Crippen MR) is 108 cm³/mol. The highest BCUT2D eigenvalue weighted by Crippen LogP contribution is 2.22. The molecule has 0 atom stereocenters. The number of rotatable bonds is 5. The Morgan fingerprint density at radius 1 is 1.00 bits per heavy atom. The molecule has 1 aromatic carbocycles. The van der Waals surface area contributed by atoms with E-state index in [1.807, 2.05) is 28.0 Å². The molecule has 27 heavy (non-hydrogen) atoms. The van der Waals surface area contributed by atoms with Crippen molar-refractivity contribution < 1.29 is 9.59 Å². The van der Waals surface area contributed by atoms with E-state index in [0.29, 0.717) is 5.92 Å². The van der Waals surface area contributed by atoms with E-state index in [1.54, 1.807) is 6.92 Å². The van der Waals surface area contributed by atoms with Crippen LogP contribution in [0.3, 0.4) is 0 Å². The van der Waals surface area contributed by atoms with Gasteiger partial charge < -0.3 is 9.80 Å². The van der Waals surface area contributed by atoms with Crippen molar-refractivity contribution in [3.63, 3.8) is 0 Å². The first-order chi connectivity index (χ1) is 13.1. The molecule has 5 nitrogen and oxygen atoms in total. The maximum atomic E-state index is 12.7. The van der Waals surface area contributed by atoms with Gasteiger partial charge in [-0.15, -0.1) is 6.58 Å². The predicted octanol–water partition coefficient (Wildman–Crippen LogP) is 2.43. The van der Waals surface area contributed by atoms with E-state index in [4.69, 9.17) is 0 Å². The third-order valence-electron chi connectivity index (χ3n) is 5.83. The van der Waals surface area contributed by atoms with Crippen LogP contribution in [0.5, 0.6) is 0 Å². The Labute approximate surface area is 162 Å². The van der Waals surface area contributed by atoms with Crippen LogP contribution in [0.4, 0.5) is 0 Å². The smallest absolute Gasteiger partial charge is 0.253 e. The lowest BCUT2D eigenvalue weighted by Crippen LogP contribution is -2.48. The third-order valence-corrected chi connectivity index (χ3v) is 5.83. The Morgan fingerprint density at radius 2 is 1.63 bits per heavy atom. The summed E-state index contributed by atoms with van der Waals surface area (Å²) in [5.74, 6) is 0.941. The van der Waals surface area contributed by atoms with E-state index < -0.39 is 0 Å². The van der Waals surface area contributed by atoms with Gasteiger partial charge in [0.05, 0.1) is 0 Å². The largest absolute Gasteiger partial charge is 0.343 e. The molecule has 0 radical (unpaired) electrons. The van der Waals surface area contributed by atoms with Gasteiger partial charge in [0.15, 0.2) is 0 Å². The summed E-state index contributed by atoms with van der Waals surface area (Å²) in [5.41, 5.74) is 2.06. The summed E-state index contributed by atoms with van der Waals surface area (Å²) in [6, 6.07) is 8.13. The van der Waals surface area contributed by atoms with Crippen molar-refractivity contribution in [2.75, 3.05) is 45.8 Å². The minimum absolute atomic E-state index is 0.134. The van der Waals surface area contributed by atoms with E-state index in [-0.39, 0.29) is 11.8 Å². The van der Waals surface area contributed by atoms with Crippen LogP contribution >= 0.6 is 0 Å². The minimum Gasteiger partial charge on any atom is -0.343 e. The number of piperidine rings is 1. The number of piperazine rings is 1. The lowest BCUT2D eigenvalue weighted by molar-refractivity contribution is -0.130. The number of hydrogen-bond donors (Lipinski definition) is 0. The quantitative estimate of drug-likeness (QED) is 0.749. The molecular formula is C22H31N3O2. The second-order valence-electron chi connectivity index (χ2n) is 7.73. The number of nitrogens with zero attached hydrogens (tertiary/aromatic N) is 3. The van der Waals surface area contributed by atoms with E-state index in [1.165, 1.54) is 5.56 Å². The maximum absolute atomic E-state index is 12.7. The molecule has 1 aromatic rings. The van der Waals surface area contributed by atoms with Gasteiger partial charge in [-0.3, -0.25) is 14.5 Å². The number of carbonyl (C=O) groups excluding carboxylic acids is 2. The molecule has 3 rings (SSSR count). The normalized spacial score (nSPS) is 19.1. The first-order valence-electron chi connectivity index (χ1n) is 10.0. The first-order valence-corrected chi connectivity index (χ1v) is 10.0. The lowest BCUT2D eigenvalue weighted by Gasteiger charge is -2.34. The molecule has 0 saturated carbocycles. The van der Waals surface area contributed by atoms with Gasteiger partial charge in [-0.05, 0) is 42.9 Å². The Balaban J connectivity index is 1.49. The SMILES string of the molecule is C=CCN1CCN(C(=O)c2ccc(CC3CCN(C(C)=O)CC3)cc2)CC1. The van der Waals surface area contributed by atoms with Crippen molar-refractivity contribution in [3.8, 4) is 0 Å². The molecule has 2 amide bonds. The molecule has 2 aliphatic heterocycles. The summed E-state index contributed by atoms with van der Waals surface area (Å²) in [6.45, 7) is 11.4. The van der Waals surface area contributed by atoms with Crippen LogP contribution in [-0.2, 0) is 11.2 Å². The van der Waals surface area contributed by atoms with Crippen LogP contribution in [0.2, 0.25) is 0 Å². The molecule has 0 bridgehead atoms. The average Bonchev–Trinajstić information content (AvgIpc) is 2.69. The molecule has 2 heterocycles. The zero-order valence-electron chi connectivity index (χ0n) is 16.4. The summed E-state index contributed by atoms with van der Waals surface area (Å²) in [5, 5.41) is 0. The standard InChI is InChI=1S/C22H31N3O2/c1-3-10-23-13-15-25(16-14-23)22(27)21-6-4-19(5-7-21)17-20-8-11-24(12-9-20)18(2)26/h3-7,20H,1,8-17H2,2H3. The van der Waals surface area contributed by atoms with Gasteiger partial charge >= 0.3 is 0 Å². The molecule has 2 aliphatic rings. The van der Waals surface area contributed by atoms with E-state index in [2.05, 4.69) is 23.6 Å². The third kappa shape index (κ3) is 5.19. The molecule has 0 aliphatic carbocycles. The molecular weight excluding hydrogens is 338 g/mol. The number of hydrogen-bond acceptors (Lipinski definition) is 3. The van der Waals surface area contributed by atoms with Crippen molar-refractivity contribution in [2.45, 2.75) is 26.2 Å². The molecule has 2 saturated heterocycles. The van der Waals surface area contributed by atoms with Crippen LogP contribution < -0.4 is 0 Å². The fourth-order valence-corrected chi connectivity index (χ4v) is 4.07. The molecule has 2 fully saturated rings. The molecule has 0 N–H and O–H groups in total. The van der Waals surface area contributed by atoms with Crippen LogP contribution in [0, 0.1) is 5.92 Å². The first kappa shape index (κ1) is 19.6. The second kappa shape index (κ2) is 9.18. The monoisotopic (exact) mass is 369 g/mol. The highest BCUT2D eigenvalue weighted by atomic mass is 16.2. The van der Waals surface area contributed by atoms with E-state index >= 15 is 0 Å². The Bertz CT molecular complexity index is 655. The minimum atomic E-state index is 0.134. The van der Waals surface area contributed by atoms with Crippen molar-refractivity contribution in [1.82, 2.24) is 14.7 Å². The number of likely N-dealkylation sites (tertiary alicyclic amines) is 1. The molecule has 0 aromatic heterocycles. The Morgan fingerprint density at radius 3 is 2.19 bits per heavy atom. The summed E-state index contributed by atoms with van der Waals surface area (Å²) in [4.78, 5) is 30.3. The maximum Gasteiger partial charge on any atom is 0.253 e. The van der Waals surface area contributed by atoms with Crippen LogP contribution in [-0.4, -0.2) is 72.3 Å². The van der Waals surface area contributed by atoms with Crippen molar-refractivity contribution in [3.05, 3.63) is 48.0 Å². The molecule has 0 unspecified atom stereocenters. The van der Waals surface area contributed by atoms with Crippen molar-refractivity contribution in [2.24, 2.45) is 5.92 Å². The Hall–Kier alpha value is -2.14. The zero-order valence-corrected chi connectivity index (χ0v) is 16.4. The lowest BCUT2D eigenvalue weighted by atomic mass is 9.90. The average molecular weight is 370 g/mol. The zero-order chi connectivity index (χ0) is 19.2. The number of benzene rings is 1. The number of amides is 2. The topological polar surface area (TPSA) is 43.9 Å². The molecule has 146 valence electrons. The molecule has 5 heteroatoms. The van der Waals surface area contributed by atoms with Gasteiger partial charge in [-0.2, -0.15) is 0 Å². The highest BCUT2D eigenvalue weighted by molar-refractivity contribution is 5.94. The summed E-state index contributed by atoms with van der Waals surface area (Å²) >= 11 is 0. The van der Waals surface area contributed by atoms with Gasteiger partial charge in [-0.25, -0.2) is 0 Å². The Kier molecular flexibility index (Phi) is 6.67. The van der Waals surface area contributed by atoms with Crippen molar-refractivity contribution in [1.29, 1.82) is 0 Å². The van der Waals surface area contributed by atoms with E-state index in [0.717, 1.165) is 70.6 Å².